The molecule has 8 heteroatoms. The van der Waals surface area contributed by atoms with Crippen molar-refractivity contribution in [2.24, 2.45) is 12.0 Å². The summed E-state index contributed by atoms with van der Waals surface area (Å²) in [5.74, 6) is 2.07. The molecule has 0 fully saturated rings. The van der Waals surface area contributed by atoms with Crippen LogP contribution in [0.5, 0.6) is 5.75 Å². The summed E-state index contributed by atoms with van der Waals surface area (Å²) in [7, 11) is 9.46. The number of rotatable bonds is 4. The van der Waals surface area contributed by atoms with E-state index in [0.717, 1.165) is 17.1 Å². The number of amidine groups is 1. The predicted molar refractivity (Wildman–Crippen MR) is 98.4 cm³/mol. The van der Waals surface area contributed by atoms with Crippen LogP contribution in [0.15, 0.2) is 41.8 Å². The molecule has 132 valence electrons. The third-order valence-corrected chi connectivity index (χ3v) is 3.87. The normalized spacial score (nSPS) is 17.0. The summed E-state index contributed by atoms with van der Waals surface area (Å²) < 4.78 is 7.29. The van der Waals surface area contributed by atoms with E-state index in [-0.39, 0.29) is 6.29 Å². The Bertz CT molecular complexity index is 809. The number of nitrogens with zero attached hydrogens (tertiary/aromatic N) is 6. The van der Waals surface area contributed by atoms with Crippen molar-refractivity contribution in [2.75, 3.05) is 33.6 Å². The van der Waals surface area contributed by atoms with E-state index < -0.39 is 0 Å². The number of para-hydroxylation sites is 1. The molecule has 2 heterocycles. The Balaban J connectivity index is 1.93. The number of aliphatic imine (C=N–C) groups is 1. The standard InChI is InChI=1S/C17H23N7O/c1-22(2)17-20-14(9-10-23(17)3)19-13-8-6-7-12(15(13)25-5)16-18-11-24(4)21-16/h6-11,17H,1-5H3,(H,19,20). The molecule has 1 atom stereocenters. The molecule has 0 saturated heterocycles. The van der Waals surface area contributed by atoms with Crippen molar-refractivity contribution in [2.45, 2.75) is 6.29 Å². The molecule has 1 aromatic heterocycles. The monoisotopic (exact) mass is 341 g/mol. The number of aromatic nitrogens is 3. The number of ether oxygens (including phenoxy) is 1. The number of hydrogen-bond donors (Lipinski definition) is 1. The number of nitrogens with one attached hydrogen (secondary N) is 1. The van der Waals surface area contributed by atoms with Crippen molar-refractivity contribution < 1.29 is 4.74 Å². The van der Waals surface area contributed by atoms with Crippen LogP contribution in [0.4, 0.5) is 5.69 Å². The van der Waals surface area contributed by atoms with Gasteiger partial charge in [-0.15, -0.1) is 0 Å². The maximum atomic E-state index is 5.63. The number of benzene rings is 1. The zero-order valence-electron chi connectivity index (χ0n) is 15.1. The van der Waals surface area contributed by atoms with Gasteiger partial charge in [0.05, 0.1) is 18.4 Å². The fourth-order valence-electron chi connectivity index (χ4n) is 2.71. The van der Waals surface area contributed by atoms with Crippen molar-refractivity contribution >= 4 is 11.5 Å². The summed E-state index contributed by atoms with van der Waals surface area (Å²) in [6.07, 6.45) is 5.54. The molecule has 1 unspecified atom stereocenters. The maximum absolute atomic E-state index is 5.63. The van der Waals surface area contributed by atoms with Crippen molar-refractivity contribution in [3.8, 4) is 17.1 Å². The lowest BCUT2D eigenvalue weighted by atomic mass is 10.1. The first kappa shape index (κ1) is 17.0. The number of aryl methyl sites for hydroxylation is 1. The molecule has 0 spiro atoms. The van der Waals surface area contributed by atoms with Crippen LogP contribution in [0, 0.1) is 0 Å². The Morgan fingerprint density at radius 2 is 2.04 bits per heavy atom. The minimum absolute atomic E-state index is 0.0564. The highest BCUT2D eigenvalue weighted by atomic mass is 16.5. The summed E-state index contributed by atoms with van der Waals surface area (Å²) in [6, 6.07) is 5.83. The molecule has 1 N–H and O–H groups in total. The van der Waals surface area contributed by atoms with E-state index in [1.807, 2.05) is 68.5 Å². The smallest absolute Gasteiger partial charge is 0.184 e. The highest BCUT2D eigenvalue weighted by Gasteiger charge is 2.19. The van der Waals surface area contributed by atoms with Crippen LogP contribution >= 0.6 is 0 Å². The topological polar surface area (TPSA) is 70.8 Å². The highest BCUT2D eigenvalue weighted by Crippen LogP contribution is 2.34. The van der Waals surface area contributed by atoms with Gasteiger partial charge in [-0.3, -0.25) is 9.58 Å². The van der Waals surface area contributed by atoms with Gasteiger partial charge in [-0.25, -0.2) is 9.98 Å². The van der Waals surface area contributed by atoms with Gasteiger partial charge < -0.3 is 15.0 Å². The Kier molecular flexibility index (Phi) is 4.71. The van der Waals surface area contributed by atoms with Crippen LogP contribution in [-0.2, 0) is 7.05 Å². The lowest BCUT2D eigenvalue weighted by Gasteiger charge is -2.32. The molecular formula is C17H23N7O. The lowest BCUT2D eigenvalue weighted by Crippen LogP contribution is -2.41. The second-order valence-electron chi connectivity index (χ2n) is 6.06. The summed E-state index contributed by atoms with van der Waals surface area (Å²) in [5, 5.41) is 7.71. The number of methoxy groups -OCH3 is 1. The molecular weight excluding hydrogens is 318 g/mol. The van der Waals surface area contributed by atoms with E-state index in [1.165, 1.54) is 0 Å². The molecule has 0 saturated carbocycles. The van der Waals surface area contributed by atoms with Gasteiger partial charge >= 0.3 is 0 Å². The largest absolute Gasteiger partial charge is 0.494 e. The summed E-state index contributed by atoms with van der Waals surface area (Å²) in [6.45, 7) is 0. The van der Waals surface area contributed by atoms with Crippen LogP contribution < -0.4 is 10.1 Å². The number of anilines is 1. The molecule has 0 aliphatic carbocycles. The SMILES string of the molecule is COc1c(NC2=NC(N(C)C)N(C)C=C2)cccc1-c1ncn(C)n1. The molecule has 1 aliphatic heterocycles. The fourth-order valence-corrected chi connectivity index (χ4v) is 2.71. The summed E-state index contributed by atoms with van der Waals surface area (Å²) in [4.78, 5) is 13.1. The van der Waals surface area contributed by atoms with Crippen LogP contribution in [0.2, 0.25) is 0 Å². The summed E-state index contributed by atoms with van der Waals surface area (Å²) >= 11 is 0. The Labute approximate surface area is 147 Å². The molecule has 25 heavy (non-hydrogen) atoms. The first-order valence-electron chi connectivity index (χ1n) is 7.94. The molecule has 1 aromatic carbocycles. The van der Waals surface area contributed by atoms with E-state index in [2.05, 4.69) is 15.4 Å². The second kappa shape index (κ2) is 6.94. The molecule has 3 rings (SSSR count). The molecule has 0 amide bonds. The maximum Gasteiger partial charge on any atom is 0.184 e. The quantitative estimate of drug-likeness (QED) is 0.911. The van der Waals surface area contributed by atoms with E-state index in [4.69, 9.17) is 9.73 Å². The fraction of sp³-hybridized carbons (Fsp3) is 0.353. The highest BCUT2D eigenvalue weighted by molar-refractivity contribution is 6.05. The average molecular weight is 341 g/mol. The first-order valence-corrected chi connectivity index (χ1v) is 7.94. The van der Waals surface area contributed by atoms with Gasteiger partial charge in [-0.2, -0.15) is 5.10 Å². The minimum Gasteiger partial charge on any atom is -0.494 e. The first-order chi connectivity index (χ1) is 12.0. The van der Waals surface area contributed by atoms with Crippen LogP contribution in [0.25, 0.3) is 11.4 Å². The van der Waals surface area contributed by atoms with E-state index in [0.29, 0.717) is 11.6 Å². The van der Waals surface area contributed by atoms with E-state index in [9.17, 15) is 0 Å². The predicted octanol–water partition coefficient (Wildman–Crippen LogP) is 1.61. The van der Waals surface area contributed by atoms with Crippen molar-refractivity contribution in [1.29, 1.82) is 0 Å². The van der Waals surface area contributed by atoms with Gasteiger partial charge in [0.25, 0.3) is 0 Å². The van der Waals surface area contributed by atoms with Gasteiger partial charge in [0.2, 0.25) is 0 Å². The average Bonchev–Trinajstić information content (AvgIpc) is 3.02. The van der Waals surface area contributed by atoms with Gasteiger partial charge in [0.1, 0.15) is 12.2 Å². The molecule has 8 nitrogen and oxygen atoms in total. The third kappa shape index (κ3) is 3.48. The zero-order valence-corrected chi connectivity index (χ0v) is 15.1. The van der Waals surface area contributed by atoms with E-state index >= 15 is 0 Å². The molecule has 0 radical (unpaired) electrons. The second-order valence-corrected chi connectivity index (χ2v) is 6.06. The Hall–Kier alpha value is -2.87. The Morgan fingerprint density at radius 3 is 2.68 bits per heavy atom. The van der Waals surface area contributed by atoms with Crippen LogP contribution in [0.1, 0.15) is 0 Å². The molecule has 1 aliphatic rings. The van der Waals surface area contributed by atoms with Gasteiger partial charge in [0.15, 0.2) is 17.9 Å². The van der Waals surface area contributed by atoms with Crippen LogP contribution in [-0.4, -0.2) is 64.9 Å². The van der Waals surface area contributed by atoms with Gasteiger partial charge in [-0.05, 0) is 32.3 Å². The molecule has 2 aromatic rings. The number of hydrogen-bond acceptors (Lipinski definition) is 7. The van der Waals surface area contributed by atoms with Crippen molar-refractivity contribution in [3.05, 3.63) is 36.8 Å². The van der Waals surface area contributed by atoms with E-state index in [1.54, 1.807) is 18.1 Å². The third-order valence-electron chi connectivity index (χ3n) is 3.87. The Morgan fingerprint density at radius 1 is 1.24 bits per heavy atom. The van der Waals surface area contributed by atoms with Crippen molar-refractivity contribution in [1.82, 2.24) is 24.6 Å². The molecule has 0 bridgehead atoms. The summed E-state index contributed by atoms with van der Waals surface area (Å²) in [5.41, 5.74) is 1.65. The van der Waals surface area contributed by atoms with Gasteiger partial charge in [0, 0.05) is 20.3 Å². The minimum atomic E-state index is -0.0564. The zero-order chi connectivity index (χ0) is 18.0. The van der Waals surface area contributed by atoms with Crippen molar-refractivity contribution in [3.63, 3.8) is 0 Å². The van der Waals surface area contributed by atoms with Gasteiger partial charge in [-0.1, -0.05) is 6.07 Å². The lowest BCUT2D eigenvalue weighted by molar-refractivity contribution is 0.154. The van der Waals surface area contributed by atoms with Crippen LogP contribution in [0.3, 0.4) is 0 Å².